The van der Waals surface area contributed by atoms with E-state index in [-0.39, 0.29) is 12.6 Å². The molecule has 0 atom stereocenters. The van der Waals surface area contributed by atoms with E-state index < -0.39 is 0 Å². The molecule has 2 aromatic carbocycles. The second-order valence-corrected chi connectivity index (χ2v) is 6.10. The van der Waals surface area contributed by atoms with Crippen molar-refractivity contribution in [3.63, 3.8) is 0 Å². The second kappa shape index (κ2) is 7.59. The molecule has 0 unspecified atom stereocenters. The number of halogens is 2. The van der Waals surface area contributed by atoms with Crippen LogP contribution >= 0.6 is 23.2 Å². The summed E-state index contributed by atoms with van der Waals surface area (Å²) in [4.78, 5) is 12.5. The van der Waals surface area contributed by atoms with Crippen LogP contribution in [0.4, 0.5) is 5.69 Å². The van der Waals surface area contributed by atoms with Gasteiger partial charge in [0, 0.05) is 16.9 Å². The number of benzene rings is 2. The van der Waals surface area contributed by atoms with Gasteiger partial charge in [-0.3, -0.25) is 4.79 Å². The summed E-state index contributed by atoms with van der Waals surface area (Å²) < 4.78 is 7.09. The number of aromatic nitrogens is 2. The maximum absolute atomic E-state index is 12.5. The van der Waals surface area contributed by atoms with Gasteiger partial charge in [-0.15, -0.1) is 0 Å². The number of carbonyl (C=O) groups excluding carboxylic acids is 1. The molecule has 3 rings (SSSR count). The number of nitrogens with one attached hydrogen (secondary N) is 1. The van der Waals surface area contributed by atoms with Crippen molar-refractivity contribution in [2.45, 2.75) is 13.7 Å². The Bertz CT molecular complexity index is 909. The van der Waals surface area contributed by atoms with E-state index in [2.05, 4.69) is 10.4 Å². The van der Waals surface area contributed by atoms with E-state index in [0.717, 1.165) is 5.56 Å². The number of anilines is 1. The van der Waals surface area contributed by atoms with Crippen LogP contribution in [0.25, 0.3) is 0 Å². The zero-order valence-electron chi connectivity index (χ0n) is 13.4. The molecule has 0 aliphatic carbocycles. The standard InChI is InChI=1S/C18H15Cl2N3O2/c1-12-13(19)6-4-7-15(12)22-18(24)16-9-10-21-23(16)11-25-17-8-3-2-5-14(17)20/h2-10H,11H2,1H3,(H,22,24). The third kappa shape index (κ3) is 3.95. The molecular formula is C18H15Cl2N3O2. The van der Waals surface area contributed by atoms with Crippen LogP contribution in [0.5, 0.6) is 5.75 Å². The highest BCUT2D eigenvalue weighted by Crippen LogP contribution is 2.24. The Labute approximate surface area is 155 Å². The highest BCUT2D eigenvalue weighted by Gasteiger charge is 2.14. The molecule has 1 heterocycles. The Hall–Kier alpha value is -2.50. The molecule has 7 heteroatoms. The predicted octanol–water partition coefficient (Wildman–Crippen LogP) is 4.79. The largest absolute Gasteiger partial charge is 0.470 e. The van der Waals surface area contributed by atoms with Crippen molar-refractivity contribution in [2.75, 3.05) is 5.32 Å². The minimum absolute atomic E-state index is 0.0635. The number of nitrogens with zero attached hydrogens (tertiary/aromatic N) is 2. The van der Waals surface area contributed by atoms with Crippen LogP contribution in [0.1, 0.15) is 16.1 Å². The van der Waals surface area contributed by atoms with Crippen LogP contribution in [0.3, 0.4) is 0 Å². The summed E-state index contributed by atoms with van der Waals surface area (Å²) in [6.45, 7) is 1.91. The molecule has 5 nitrogen and oxygen atoms in total. The third-order valence-corrected chi connectivity index (χ3v) is 4.37. The topological polar surface area (TPSA) is 56.2 Å². The van der Waals surface area contributed by atoms with Gasteiger partial charge in [0.05, 0.1) is 5.02 Å². The van der Waals surface area contributed by atoms with E-state index >= 15 is 0 Å². The molecule has 1 N–H and O–H groups in total. The van der Waals surface area contributed by atoms with E-state index in [4.69, 9.17) is 27.9 Å². The summed E-state index contributed by atoms with van der Waals surface area (Å²) in [5.74, 6) is 0.224. The molecular weight excluding hydrogens is 361 g/mol. The Balaban J connectivity index is 1.73. The molecule has 25 heavy (non-hydrogen) atoms. The average Bonchev–Trinajstić information content (AvgIpc) is 3.07. The second-order valence-electron chi connectivity index (χ2n) is 5.29. The third-order valence-electron chi connectivity index (χ3n) is 3.64. The van der Waals surface area contributed by atoms with E-state index in [9.17, 15) is 4.79 Å². The summed E-state index contributed by atoms with van der Waals surface area (Å²) in [5.41, 5.74) is 1.82. The molecule has 0 bridgehead atoms. The minimum Gasteiger partial charge on any atom is -0.470 e. The molecule has 0 aliphatic rings. The molecule has 0 aliphatic heterocycles. The first-order chi connectivity index (χ1) is 12.1. The van der Waals surface area contributed by atoms with Gasteiger partial charge in [-0.1, -0.05) is 41.4 Å². The van der Waals surface area contributed by atoms with E-state index in [1.807, 2.05) is 19.1 Å². The molecule has 0 spiro atoms. The summed E-state index contributed by atoms with van der Waals surface area (Å²) in [5, 5.41) is 8.05. The molecule has 128 valence electrons. The lowest BCUT2D eigenvalue weighted by Gasteiger charge is -2.12. The summed E-state index contributed by atoms with van der Waals surface area (Å²) in [7, 11) is 0. The van der Waals surface area contributed by atoms with Gasteiger partial charge >= 0.3 is 0 Å². The van der Waals surface area contributed by atoms with Crippen molar-refractivity contribution < 1.29 is 9.53 Å². The Morgan fingerprint density at radius 2 is 1.88 bits per heavy atom. The Morgan fingerprint density at radius 3 is 2.68 bits per heavy atom. The predicted molar refractivity (Wildman–Crippen MR) is 98.4 cm³/mol. The van der Waals surface area contributed by atoms with Crippen LogP contribution in [0.2, 0.25) is 10.0 Å². The zero-order valence-corrected chi connectivity index (χ0v) is 14.9. The van der Waals surface area contributed by atoms with Gasteiger partial charge in [0.1, 0.15) is 11.4 Å². The Kier molecular flexibility index (Phi) is 5.26. The number of amides is 1. The van der Waals surface area contributed by atoms with Crippen molar-refractivity contribution in [3.8, 4) is 5.75 Å². The fourth-order valence-electron chi connectivity index (χ4n) is 2.25. The van der Waals surface area contributed by atoms with E-state index in [0.29, 0.717) is 27.2 Å². The Morgan fingerprint density at radius 1 is 1.12 bits per heavy atom. The lowest BCUT2D eigenvalue weighted by molar-refractivity contribution is 0.100. The zero-order chi connectivity index (χ0) is 17.8. The van der Waals surface area contributed by atoms with Gasteiger partial charge in [-0.2, -0.15) is 5.10 Å². The van der Waals surface area contributed by atoms with Gasteiger partial charge in [-0.25, -0.2) is 4.68 Å². The number of hydrogen-bond acceptors (Lipinski definition) is 3. The molecule has 3 aromatic rings. The minimum atomic E-state index is -0.300. The van der Waals surface area contributed by atoms with Crippen LogP contribution in [0, 0.1) is 6.92 Å². The monoisotopic (exact) mass is 375 g/mol. The van der Waals surface area contributed by atoms with E-state index in [1.165, 1.54) is 10.9 Å². The highest BCUT2D eigenvalue weighted by atomic mass is 35.5. The van der Waals surface area contributed by atoms with Gasteiger partial charge in [-0.05, 0) is 42.8 Å². The van der Waals surface area contributed by atoms with Crippen molar-refractivity contribution >= 4 is 34.8 Å². The number of hydrogen-bond donors (Lipinski definition) is 1. The number of carbonyl (C=O) groups is 1. The van der Waals surface area contributed by atoms with Crippen LogP contribution in [0.15, 0.2) is 54.7 Å². The van der Waals surface area contributed by atoms with E-state index in [1.54, 1.807) is 36.4 Å². The normalized spacial score (nSPS) is 10.5. The fraction of sp³-hybridized carbons (Fsp3) is 0.111. The SMILES string of the molecule is Cc1c(Cl)cccc1NC(=O)c1ccnn1COc1ccccc1Cl. The lowest BCUT2D eigenvalue weighted by atomic mass is 10.2. The quantitative estimate of drug-likeness (QED) is 0.697. The van der Waals surface area contributed by atoms with Gasteiger partial charge < -0.3 is 10.1 Å². The number of ether oxygens (including phenoxy) is 1. The first kappa shape index (κ1) is 17.3. The molecule has 1 amide bonds. The van der Waals surface area contributed by atoms with Gasteiger partial charge in [0.15, 0.2) is 6.73 Å². The average molecular weight is 376 g/mol. The molecule has 0 radical (unpaired) electrons. The molecule has 0 saturated carbocycles. The highest BCUT2D eigenvalue weighted by molar-refractivity contribution is 6.32. The lowest BCUT2D eigenvalue weighted by Crippen LogP contribution is -2.20. The van der Waals surface area contributed by atoms with Crippen LogP contribution in [-0.4, -0.2) is 15.7 Å². The van der Waals surface area contributed by atoms with Crippen LogP contribution in [-0.2, 0) is 6.73 Å². The summed E-state index contributed by atoms with van der Waals surface area (Å²) in [6.07, 6.45) is 1.54. The van der Waals surface area contributed by atoms with Gasteiger partial charge in [0.25, 0.3) is 5.91 Å². The van der Waals surface area contributed by atoms with Crippen molar-refractivity contribution in [2.24, 2.45) is 0 Å². The van der Waals surface area contributed by atoms with Crippen molar-refractivity contribution in [1.29, 1.82) is 0 Å². The molecule has 0 saturated heterocycles. The smallest absolute Gasteiger partial charge is 0.274 e. The first-order valence-corrected chi connectivity index (χ1v) is 8.27. The molecule has 0 fully saturated rings. The summed E-state index contributed by atoms with van der Waals surface area (Å²) >= 11 is 12.1. The van der Waals surface area contributed by atoms with Crippen molar-refractivity contribution in [3.05, 3.63) is 76.0 Å². The maximum atomic E-state index is 12.5. The maximum Gasteiger partial charge on any atom is 0.274 e. The number of rotatable bonds is 5. The first-order valence-electron chi connectivity index (χ1n) is 7.52. The number of para-hydroxylation sites is 1. The molecule has 1 aromatic heterocycles. The summed E-state index contributed by atoms with van der Waals surface area (Å²) in [6, 6.07) is 14.1. The van der Waals surface area contributed by atoms with Crippen LogP contribution < -0.4 is 10.1 Å². The van der Waals surface area contributed by atoms with Crippen molar-refractivity contribution in [1.82, 2.24) is 9.78 Å². The van der Waals surface area contributed by atoms with Gasteiger partial charge in [0.2, 0.25) is 0 Å². The fourth-order valence-corrected chi connectivity index (χ4v) is 2.61.